The summed E-state index contributed by atoms with van der Waals surface area (Å²) >= 11 is 0. The zero-order valence-electron chi connectivity index (χ0n) is 32.9. The molecule has 0 spiro atoms. The van der Waals surface area contributed by atoms with Crippen LogP contribution in [0.5, 0.6) is 34.5 Å². The van der Waals surface area contributed by atoms with Crippen LogP contribution in [0.4, 0.5) is 11.4 Å². The lowest BCUT2D eigenvalue weighted by Gasteiger charge is -2.17. The number of phenols is 4. The van der Waals surface area contributed by atoms with E-state index in [1.54, 1.807) is 87.6 Å². The van der Waals surface area contributed by atoms with Gasteiger partial charge >= 0.3 is 0 Å². The fourth-order valence-electron chi connectivity index (χ4n) is 4.66. The van der Waals surface area contributed by atoms with Gasteiger partial charge in [0.25, 0.3) is 0 Å². The Morgan fingerprint density at radius 1 is 0.500 bits per heavy atom. The molecule has 4 rings (SSSR count). The van der Waals surface area contributed by atoms with Crippen molar-refractivity contribution in [1.29, 1.82) is 0 Å². The highest BCUT2D eigenvalue weighted by Gasteiger charge is 2.16. The molecule has 4 N–H and O–H groups in total. The van der Waals surface area contributed by atoms with E-state index in [0.717, 1.165) is 11.4 Å². The van der Waals surface area contributed by atoms with Crippen LogP contribution in [-0.4, -0.2) is 112 Å². The Kier molecular flexibility index (Phi) is 15.0. The lowest BCUT2D eigenvalue weighted by Crippen LogP contribution is -2.21. The van der Waals surface area contributed by atoms with E-state index in [0.29, 0.717) is 46.8 Å². The van der Waals surface area contributed by atoms with Gasteiger partial charge in [0, 0.05) is 111 Å². The zero-order chi connectivity index (χ0) is 40.1. The van der Waals surface area contributed by atoms with Crippen LogP contribution >= 0.6 is 0 Å². The first-order chi connectivity index (χ1) is 25.4. The molecule has 4 aromatic rings. The van der Waals surface area contributed by atoms with E-state index >= 15 is 0 Å². The summed E-state index contributed by atoms with van der Waals surface area (Å²) in [6.45, 7) is 8.70. The molecular weight excluding hydrogens is 684 g/mol. The number of ether oxygens (including phenoxy) is 2. The number of nitrogens with zero attached hydrogens (tertiary/aromatic N) is 6. The Labute approximate surface area is 319 Å². The Hall–Kier alpha value is -6.04. The van der Waals surface area contributed by atoms with Gasteiger partial charge in [-0.25, -0.2) is 0 Å². The molecule has 0 aromatic heterocycles. The molecule has 0 saturated carbocycles. The van der Waals surface area contributed by atoms with Gasteiger partial charge in [-0.15, -0.1) is 0 Å². The van der Waals surface area contributed by atoms with E-state index in [-0.39, 0.29) is 23.0 Å². The summed E-state index contributed by atoms with van der Waals surface area (Å²) in [7, 11) is 10.8. The van der Waals surface area contributed by atoms with Gasteiger partial charge in [0.2, 0.25) is 0 Å². The number of benzene rings is 4. The average molecular weight is 739 g/mol. The molecule has 0 aliphatic rings. The van der Waals surface area contributed by atoms with Crippen molar-refractivity contribution in [2.45, 2.75) is 38.8 Å². The maximum absolute atomic E-state index is 10.1. The van der Waals surface area contributed by atoms with E-state index in [1.807, 2.05) is 90.0 Å². The van der Waals surface area contributed by atoms with Gasteiger partial charge in [-0.2, -0.15) is 0 Å². The zero-order valence-corrected chi connectivity index (χ0v) is 32.9. The molecule has 0 aliphatic heterocycles. The SMILES string of the molecule is COc1ccc(C=NC(C)(C)CN=Cc2ccc(N(C)C)cc2O)c(O)c1.COc1ccc(C=NCC(C)(C)N=Cc2ccc(N(C)C)cc2O)c(O)c1. The van der Waals surface area contributed by atoms with E-state index in [1.165, 1.54) is 0 Å². The van der Waals surface area contributed by atoms with Crippen LogP contribution in [0.2, 0.25) is 0 Å². The Bertz CT molecular complexity index is 1970. The summed E-state index contributed by atoms with van der Waals surface area (Å²) in [6, 6.07) is 21.1. The number of aliphatic imine (C=N–C) groups is 4. The van der Waals surface area contributed by atoms with Crippen LogP contribution in [-0.2, 0) is 0 Å². The summed E-state index contributed by atoms with van der Waals surface area (Å²) in [5.74, 6) is 1.79. The van der Waals surface area contributed by atoms with Gasteiger partial charge in [-0.05, 0) is 76.2 Å². The lowest BCUT2D eigenvalue weighted by molar-refractivity contribution is 0.407. The van der Waals surface area contributed by atoms with Crippen LogP contribution in [0.3, 0.4) is 0 Å². The minimum atomic E-state index is -0.456. The van der Waals surface area contributed by atoms with Crippen LogP contribution < -0.4 is 19.3 Å². The predicted molar refractivity (Wildman–Crippen MR) is 222 cm³/mol. The smallest absolute Gasteiger partial charge is 0.128 e. The standard InChI is InChI=1S/2C21H27N3O3/c1-21(2,14-22-12-15-7-9-18(27-5)11-20(15)26)23-13-16-6-8-17(24(3)4)10-19(16)25;1-21(2,23-13-16-7-9-18(27-5)11-20(16)26)14-22-12-15-6-8-17(24(3)4)10-19(15)25/h2*6-13,25-26H,14H2,1-5H3. The number of hydrogen-bond donors (Lipinski definition) is 4. The monoisotopic (exact) mass is 738 g/mol. The quantitative estimate of drug-likeness (QED) is 0.101. The first-order valence-corrected chi connectivity index (χ1v) is 17.3. The molecule has 288 valence electrons. The number of aromatic hydroxyl groups is 4. The molecule has 0 atom stereocenters. The van der Waals surface area contributed by atoms with Gasteiger partial charge in [0.15, 0.2) is 0 Å². The van der Waals surface area contributed by atoms with Crippen LogP contribution in [0.15, 0.2) is 92.8 Å². The second kappa shape index (κ2) is 19.2. The maximum Gasteiger partial charge on any atom is 0.128 e. The Morgan fingerprint density at radius 2 is 0.815 bits per heavy atom. The van der Waals surface area contributed by atoms with Crippen LogP contribution in [0, 0.1) is 0 Å². The molecule has 0 fully saturated rings. The number of anilines is 2. The van der Waals surface area contributed by atoms with Crippen molar-refractivity contribution in [2.75, 3.05) is 65.3 Å². The third-order valence-corrected chi connectivity index (χ3v) is 8.06. The topological polar surface area (TPSA) is 155 Å². The number of methoxy groups -OCH3 is 2. The van der Waals surface area contributed by atoms with E-state index in [4.69, 9.17) is 9.47 Å². The molecule has 12 nitrogen and oxygen atoms in total. The molecule has 12 heteroatoms. The number of phenolic OH excluding ortho intramolecular Hbond substituents is 4. The molecule has 0 saturated heterocycles. The van der Waals surface area contributed by atoms with Crippen molar-refractivity contribution >= 4 is 36.2 Å². The van der Waals surface area contributed by atoms with Gasteiger partial charge < -0.3 is 39.7 Å². The van der Waals surface area contributed by atoms with Crippen molar-refractivity contribution in [3.63, 3.8) is 0 Å². The van der Waals surface area contributed by atoms with Crippen molar-refractivity contribution in [3.05, 3.63) is 95.1 Å². The van der Waals surface area contributed by atoms with Crippen molar-refractivity contribution in [3.8, 4) is 34.5 Å². The van der Waals surface area contributed by atoms with Crippen LogP contribution in [0.25, 0.3) is 0 Å². The molecule has 0 unspecified atom stereocenters. The molecule has 0 amide bonds. The molecule has 0 aliphatic carbocycles. The van der Waals surface area contributed by atoms with Crippen LogP contribution in [0.1, 0.15) is 49.9 Å². The minimum absolute atomic E-state index is 0.114. The molecule has 0 bridgehead atoms. The first kappa shape index (κ1) is 42.4. The number of rotatable bonds is 14. The summed E-state index contributed by atoms with van der Waals surface area (Å²) in [5.41, 5.74) is 3.49. The lowest BCUT2D eigenvalue weighted by atomic mass is 10.1. The molecule has 0 heterocycles. The molecule has 0 radical (unpaired) electrons. The third kappa shape index (κ3) is 13.2. The number of hydrogen-bond acceptors (Lipinski definition) is 12. The largest absolute Gasteiger partial charge is 0.507 e. The first-order valence-electron chi connectivity index (χ1n) is 17.3. The molecule has 4 aromatic carbocycles. The van der Waals surface area contributed by atoms with E-state index in [2.05, 4.69) is 20.0 Å². The highest BCUT2D eigenvalue weighted by atomic mass is 16.5. The summed E-state index contributed by atoms with van der Waals surface area (Å²) in [5, 5.41) is 40.2. The van der Waals surface area contributed by atoms with Crippen molar-refractivity contribution < 1.29 is 29.9 Å². The summed E-state index contributed by atoms with van der Waals surface area (Å²) in [6.07, 6.45) is 6.56. The van der Waals surface area contributed by atoms with Crippen molar-refractivity contribution in [2.24, 2.45) is 20.0 Å². The molecular formula is C42H54N6O6. The van der Waals surface area contributed by atoms with Gasteiger partial charge in [0.05, 0.1) is 38.4 Å². The summed E-state index contributed by atoms with van der Waals surface area (Å²) < 4.78 is 10.1. The third-order valence-electron chi connectivity index (χ3n) is 8.06. The van der Waals surface area contributed by atoms with E-state index < -0.39 is 11.1 Å². The fourth-order valence-corrected chi connectivity index (χ4v) is 4.66. The van der Waals surface area contributed by atoms with Gasteiger partial charge in [-0.1, -0.05) is 0 Å². The summed E-state index contributed by atoms with van der Waals surface area (Å²) in [4.78, 5) is 21.7. The highest BCUT2D eigenvalue weighted by Crippen LogP contribution is 2.26. The Morgan fingerprint density at radius 3 is 1.11 bits per heavy atom. The minimum Gasteiger partial charge on any atom is -0.507 e. The molecule has 54 heavy (non-hydrogen) atoms. The predicted octanol–water partition coefficient (Wildman–Crippen LogP) is 6.98. The fraction of sp³-hybridized carbons (Fsp3) is 0.333. The second-order valence-electron chi connectivity index (χ2n) is 14.2. The second-order valence-corrected chi connectivity index (χ2v) is 14.2. The Balaban J connectivity index is 0.000000290. The highest BCUT2D eigenvalue weighted by molar-refractivity contribution is 5.86. The van der Waals surface area contributed by atoms with Gasteiger partial charge in [0.1, 0.15) is 34.5 Å². The van der Waals surface area contributed by atoms with E-state index in [9.17, 15) is 20.4 Å². The van der Waals surface area contributed by atoms with Gasteiger partial charge in [-0.3, -0.25) is 20.0 Å². The average Bonchev–Trinajstić information content (AvgIpc) is 3.11. The normalized spacial score (nSPS) is 12.0. The van der Waals surface area contributed by atoms with Crippen molar-refractivity contribution in [1.82, 2.24) is 0 Å². The maximum atomic E-state index is 10.1.